The molecule has 5 aromatic carbocycles. The van der Waals surface area contributed by atoms with E-state index in [1.54, 1.807) is 0 Å². The molecule has 4 nitrogen and oxygen atoms in total. The molecule has 42 heavy (non-hydrogen) atoms. The summed E-state index contributed by atoms with van der Waals surface area (Å²) >= 11 is 0. The first kappa shape index (κ1) is 27.8. The summed E-state index contributed by atoms with van der Waals surface area (Å²) in [5, 5.41) is 0. The number of para-hydroxylation sites is 1. The van der Waals surface area contributed by atoms with Crippen molar-refractivity contribution in [2.24, 2.45) is 0 Å². The summed E-state index contributed by atoms with van der Waals surface area (Å²) in [5.74, 6) is -0.191. The molecule has 0 bridgehead atoms. The van der Waals surface area contributed by atoms with Gasteiger partial charge in [-0.15, -0.1) is 0 Å². The maximum absolute atomic E-state index is 15.6. The second-order valence-corrected chi connectivity index (χ2v) is 13.5. The van der Waals surface area contributed by atoms with Gasteiger partial charge in [-0.3, -0.25) is 9.69 Å². The number of nitrogens with one attached hydrogen (secondary N) is 1. The topological polar surface area (TPSA) is 49.4 Å². The maximum Gasteiger partial charge on any atom is 0.258 e. The molecule has 1 heterocycles. The molecule has 1 unspecified atom stereocenters. The number of hydrogen-bond donors (Lipinski definition) is 1. The first-order chi connectivity index (χ1) is 20.3. The van der Waals surface area contributed by atoms with Gasteiger partial charge in [0.2, 0.25) is 0 Å². The summed E-state index contributed by atoms with van der Waals surface area (Å²) in [6.07, 6.45) is 0. The lowest BCUT2D eigenvalue weighted by molar-refractivity contribution is -0.123. The molecule has 6 rings (SSSR count). The lowest BCUT2D eigenvalue weighted by Gasteiger charge is -2.45. The summed E-state index contributed by atoms with van der Waals surface area (Å²) in [5.41, 5.74) is 2.71. The van der Waals surface area contributed by atoms with Crippen molar-refractivity contribution in [3.63, 3.8) is 0 Å². The minimum Gasteiger partial charge on any atom is -0.291 e. The highest BCUT2D eigenvalue weighted by atomic mass is 32.2. The fraction of sp³-hybridized carbons (Fsp3) is 0.162. The highest BCUT2D eigenvalue weighted by Crippen LogP contribution is 2.54. The summed E-state index contributed by atoms with van der Waals surface area (Å²) in [6.45, 7) is 5.75. The zero-order valence-electron chi connectivity index (χ0n) is 24.0. The minimum absolute atomic E-state index is 0.191. The van der Waals surface area contributed by atoms with Crippen LogP contribution in [0.3, 0.4) is 0 Å². The van der Waals surface area contributed by atoms with Gasteiger partial charge in [0.25, 0.3) is 5.91 Å². The van der Waals surface area contributed by atoms with Crippen molar-refractivity contribution in [1.82, 2.24) is 4.72 Å². The molecule has 0 aromatic heterocycles. The van der Waals surface area contributed by atoms with E-state index in [0.717, 1.165) is 33.5 Å². The van der Waals surface area contributed by atoms with Gasteiger partial charge in [-0.2, -0.15) is 0 Å². The van der Waals surface area contributed by atoms with Crippen molar-refractivity contribution in [3.05, 3.63) is 173 Å². The van der Waals surface area contributed by atoms with Crippen molar-refractivity contribution < 1.29 is 9.00 Å². The normalized spacial score (nSPS) is 17.6. The summed E-state index contributed by atoms with van der Waals surface area (Å²) < 4.78 is 16.7. The second-order valence-electron chi connectivity index (χ2n) is 11.6. The van der Waals surface area contributed by atoms with Crippen LogP contribution in [0.25, 0.3) is 0 Å². The molecule has 1 aliphatic rings. The van der Waals surface area contributed by atoms with Crippen molar-refractivity contribution in [3.8, 4) is 0 Å². The molecule has 0 saturated heterocycles. The molecule has 5 aromatic rings. The van der Waals surface area contributed by atoms with Gasteiger partial charge in [0.15, 0.2) is 5.54 Å². The van der Waals surface area contributed by atoms with Crippen molar-refractivity contribution in [2.45, 2.75) is 36.6 Å². The third-order valence-electron chi connectivity index (χ3n) is 7.99. The molecule has 1 amide bonds. The van der Waals surface area contributed by atoms with Crippen molar-refractivity contribution in [2.75, 3.05) is 4.90 Å². The van der Waals surface area contributed by atoms with Gasteiger partial charge >= 0.3 is 0 Å². The summed E-state index contributed by atoms with van der Waals surface area (Å²) in [7, 11) is -1.57. The number of amides is 1. The molecule has 0 fully saturated rings. The van der Waals surface area contributed by atoms with Crippen LogP contribution in [0.15, 0.2) is 146 Å². The van der Waals surface area contributed by atoms with E-state index in [4.69, 9.17) is 0 Å². The first-order valence-electron chi connectivity index (χ1n) is 14.2. The average molecular weight is 571 g/mol. The van der Waals surface area contributed by atoms with Crippen LogP contribution in [0.5, 0.6) is 0 Å². The fourth-order valence-corrected chi connectivity index (χ4v) is 6.95. The van der Waals surface area contributed by atoms with Gasteiger partial charge in [0.05, 0.1) is 21.4 Å². The smallest absolute Gasteiger partial charge is 0.258 e. The van der Waals surface area contributed by atoms with Gasteiger partial charge in [-0.25, -0.2) is 8.93 Å². The molecule has 0 spiro atoms. The van der Waals surface area contributed by atoms with Crippen LogP contribution in [0.4, 0.5) is 5.69 Å². The predicted molar refractivity (Wildman–Crippen MR) is 171 cm³/mol. The molecule has 0 radical (unpaired) electrons. The van der Waals surface area contributed by atoms with E-state index in [9.17, 15) is 4.21 Å². The zero-order chi connectivity index (χ0) is 29.4. The quantitative estimate of drug-likeness (QED) is 0.209. The Morgan fingerprint density at radius 1 is 0.595 bits per heavy atom. The Bertz CT molecular complexity index is 1620. The Morgan fingerprint density at radius 2 is 1.00 bits per heavy atom. The number of hydrogen-bond acceptors (Lipinski definition) is 2. The standard InChI is InChI=1S/C37H34N2O2S/c1-35(2,3)42(41)38-36(28-18-8-4-9-19-28)32-26-16-17-27-33(32)39(34(36)40)37(29-20-10-5-11-21-29,30-22-12-6-13-23-30)31-24-14-7-15-25-31/h4-27,38H,1-3H3/t36-,42?/m0/s1. The summed E-state index contributed by atoms with van der Waals surface area (Å²) in [6, 6.07) is 48.1. The van der Waals surface area contributed by atoms with E-state index in [1.807, 2.05) is 135 Å². The van der Waals surface area contributed by atoms with Crippen LogP contribution in [0.1, 0.15) is 48.6 Å². The molecule has 1 aliphatic heterocycles. The van der Waals surface area contributed by atoms with Crippen molar-refractivity contribution in [1.29, 1.82) is 0 Å². The van der Waals surface area contributed by atoms with Crippen LogP contribution < -0.4 is 9.62 Å². The molecule has 210 valence electrons. The van der Waals surface area contributed by atoms with E-state index < -0.39 is 26.8 Å². The molecule has 0 saturated carbocycles. The third kappa shape index (κ3) is 4.32. The van der Waals surface area contributed by atoms with Crippen LogP contribution in [0, 0.1) is 0 Å². The number of carbonyl (C=O) groups excluding carboxylic acids is 1. The highest BCUT2D eigenvalue weighted by Gasteiger charge is 2.60. The second kappa shape index (κ2) is 10.8. The van der Waals surface area contributed by atoms with Crippen LogP contribution in [-0.2, 0) is 26.9 Å². The fourth-order valence-electron chi connectivity index (χ4n) is 6.05. The van der Waals surface area contributed by atoms with Gasteiger partial charge in [-0.05, 0) is 49.1 Å². The SMILES string of the molecule is CC(C)(C)S(=O)N[C@]1(c2ccccc2)C(=O)N(C(c2ccccc2)(c2ccccc2)c2ccccc2)c2ccccc21. The number of anilines is 1. The largest absolute Gasteiger partial charge is 0.291 e. The van der Waals surface area contributed by atoms with E-state index >= 15 is 4.79 Å². The van der Waals surface area contributed by atoms with Crippen LogP contribution in [-0.4, -0.2) is 14.9 Å². The Labute approximate surface area is 250 Å². The molecular formula is C37H34N2O2S. The number of rotatable bonds is 7. The minimum atomic E-state index is -1.57. The summed E-state index contributed by atoms with van der Waals surface area (Å²) in [4.78, 5) is 17.6. The van der Waals surface area contributed by atoms with Gasteiger partial charge < -0.3 is 0 Å². The van der Waals surface area contributed by atoms with Crippen LogP contribution >= 0.6 is 0 Å². The average Bonchev–Trinajstić information content (AvgIpc) is 3.28. The Morgan fingerprint density at radius 3 is 1.45 bits per heavy atom. The van der Waals surface area contributed by atoms with Gasteiger partial charge in [-0.1, -0.05) is 140 Å². The number of carbonyl (C=O) groups is 1. The number of benzene rings is 5. The van der Waals surface area contributed by atoms with Gasteiger partial charge in [0, 0.05) is 5.56 Å². The molecule has 5 heteroatoms. The molecular weight excluding hydrogens is 536 g/mol. The lowest BCUT2D eigenvalue weighted by Crippen LogP contribution is -2.59. The van der Waals surface area contributed by atoms with Crippen molar-refractivity contribution >= 4 is 22.6 Å². The van der Waals surface area contributed by atoms with E-state index in [2.05, 4.69) is 41.1 Å². The van der Waals surface area contributed by atoms with E-state index in [1.165, 1.54) is 0 Å². The predicted octanol–water partition coefficient (Wildman–Crippen LogP) is 7.32. The van der Waals surface area contributed by atoms with Gasteiger partial charge in [0.1, 0.15) is 5.54 Å². The first-order valence-corrected chi connectivity index (χ1v) is 15.3. The molecule has 0 aliphatic carbocycles. The number of nitrogens with zero attached hydrogens (tertiary/aromatic N) is 1. The number of fused-ring (bicyclic) bond motifs is 1. The lowest BCUT2D eigenvalue weighted by atomic mass is 9.75. The Balaban J connectivity index is 1.74. The van der Waals surface area contributed by atoms with E-state index in [-0.39, 0.29) is 5.91 Å². The molecule has 2 atom stereocenters. The van der Waals surface area contributed by atoms with E-state index in [0.29, 0.717) is 0 Å². The Hall–Kier alpha value is -4.32. The highest BCUT2D eigenvalue weighted by molar-refractivity contribution is 7.84. The Kier molecular flexibility index (Phi) is 7.17. The monoisotopic (exact) mass is 570 g/mol. The van der Waals surface area contributed by atoms with Crippen LogP contribution in [0.2, 0.25) is 0 Å². The maximum atomic E-state index is 15.6. The molecule has 1 N–H and O–H groups in total. The third-order valence-corrected chi connectivity index (χ3v) is 9.60. The zero-order valence-corrected chi connectivity index (χ0v) is 24.8.